The van der Waals surface area contributed by atoms with E-state index in [1.165, 1.54) is 0 Å². The minimum atomic E-state index is -4.60. The van der Waals surface area contributed by atoms with E-state index in [0.717, 1.165) is 10.7 Å². The molecule has 0 atom stereocenters. The molecule has 0 aliphatic heterocycles. The Hall–Kier alpha value is -1.50. The van der Waals surface area contributed by atoms with Crippen LogP contribution in [-0.4, -0.2) is 14.6 Å². The minimum Gasteiger partial charge on any atom is -0.324 e. The average molecular weight is 238 g/mol. The van der Waals surface area contributed by atoms with E-state index in [0.29, 0.717) is 6.07 Å². The fourth-order valence-corrected chi connectivity index (χ4v) is 1.29. The molecule has 80 valence electrons. The lowest BCUT2D eigenvalue weighted by atomic mass is 10.4. The van der Waals surface area contributed by atoms with Crippen molar-refractivity contribution < 1.29 is 13.2 Å². The number of H-pyrrole nitrogens is 1. The molecule has 2 heterocycles. The molecule has 0 saturated heterocycles. The summed E-state index contributed by atoms with van der Waals surface area (Å²) in [6.45, 7) is 0. The number of nitrogens with zero attached hydrogens (tertiary/aromatic N) is 2. The second-order valence-electron chi connectivity index (χ2n) is 2.76. The molecule has 2 aromatic rings. The zero-order chi connectivity index (χ0) is 11.2. The molecule has 4 nitrogen and oxygen atoms in total. The van der Waals surface area contributed by atoms with E-state index in [1.54, 1.807) is 0 Å². The first-order valence-corrected chi connectivity index (χ1v) is 4.11. The van der Waals surface area contributed by atoms with E-state index in [9.17, 15) is 18.0 Å². The first-order valence-electron chi connectivity index (χ1n) is 3.74. The lowest BCUT2D eigenvalue weighted by Gasteiger charge is -1.99. The van der Waals surface area contributed by atoms with E-state index < -0.39 is 17.4 Å². The Morgan fingerprint density at radius 1 is 1.47 bits per heavy atom. The zero-order valence-electron chi connectivity index (χ0n) is 6.97. The largest absolute Gasteiger partial charge is 0.435 e. The van der Waals surface area contributed by atoms with Crippen molar-refractivity contribution in [1.82, 2.24) is 14.6 Å². The number of hydrogen-bond acceptors (Lipinski definition) is 2. The molecule has 2 rings (SSSR count). The van der Waals surface area contributed by atoms with Crippen molar-refractivity contribution in [2.45, 2.75) is 6.18 Å². The molecule has 8 heteroatoms. The quantitative estimate of drug-likeness (QED) is 0.758. The SMILES string of the molecule is O=c1[nH]cc(Cl)n2nc(C(F)(F)F)cc12. The molecule has 0 saturated carbocycles. The van der Waals surface area contributed by atoms with Gasteiger partial charge in [-0.1, -0.05) is 11.6 Å². The normalized spacial score (nSPS) is 12.3. The van der Waals surface area contributed by atoms with Gasteiger partial charge in [-0.15, -0.1) is 0 Å². The molecule has 0 aromatic carbocycles. The van der Waals surface area contributed by atoms with Crippen LogP contribution in [-0.2, 0) is 6.18 Å². The van der Waals surface area contributed by atoms with Gasteiger partial charge in [0.25, 0.3) is 5.56 Å². The fourth-order valence-electron chi connectivity index (χ4n) is 1.10. The van der Waals surface area contributed by atoms with Crippen LogP contribution < -0.4 is 5.56 Å². The highest BCUT2D eigenvalue weighted by atomic mass is 35.5. The third-order valence-electron chi connectivity index (χ3n) is 1.76. The Balaban J connectivity index is 2.82. The third kappa shape index (κ3) is 1.58. The van der Waals surface area contributed by atoms with Crippen molar-refractivity contribution >= 4 is 17.1 Å². The highest BCUT2D eigenvalue weighted by Crippen LogP contribution is 2.28. The van der Waals surface area contributed by atoms with E-state index >= 15 is 0 Å². The minimum absolute atomic E-state index is 0.0971. The van der Waals surface area contributed by atoms with Crippen LogP contribution in [0.3, 0.4) is 0 Å². The standard InChI is InChI=1S/C7H3ClF3N3O/c8-5-2-12-6(15)3-1-4(7(9,10)11)13-14(3)5/h1-2H,(H,12,15). The molecule has 2 aromatic heterocycles. The first kappa shape index (κ1) is 10.0. The van der Waals surface area contributed by atoms with Crippen LogP contribution in [0.5, 0.6) is 0 Å². The van der Waals surface area contributed by atoms with Gasteiger partial charge < -0.3 is 4.98 Å². The summed E-state index contributed by atoms with van der Waals surface area (Å²) >= 11 is 5.56. The maximum Gasteiger partial charge on any atom is 0.435 e. The number of halogens is 4. The second-order valence-corrected chi connectivity index (χ2v) is 3.15. The summed E-state index contributed by atoms with van der Waals surface area (Å²) in [4.78, 5) is 13.3. The van der Waals surface area contributed by atoms with Crippen LogP contribution in [0.1, 0.15) is 5.69 Å². The van der Waals surface area contributed by atoms with Gasteiger partial charge in [0.05, 0.1) is 0 Å². The molecule has 0 aliphatic carbocycles. The van der Waals surface area contributed by atoms with Gasteiger partial charge in [-0.2, -0.15) is 18.3 Å². The molecule has 15 heavy (non-hydrogen) atoms. The van der Waals surface area contributed by atoms with Crippen molar-refractivity contribution in [3.8, 4) is 0 Å². The number of aromatic amines is 1. The maximum absolute atomic E-state index is 12.3. The topological polar surface area (TPSA) is 50.2 Å². The summed E-state index contributed by atoms with van der Waals surface area (Å²) in [5.74, 6) is 0. The lowest BCUT2D eigenvalue weighted by molar-refractivity contribution is -0.141. The summed E-state index contributed by atoms with van der Waals surface area (Å²) < 4.78 is 37.5. The fraction of sp³-hybridized carbons (Fsp3) is 0.143. The predicted octanol–water partition coefficient (Wildman–Crippen LogP) is 1.69. The van der Waals surface area contributed by atoms with Gasteiger partial charge in [-0.25, -0.2) is 4.52 Å². The Morgan fingerprint density at radius 3 is 2.67 bits per heavy atom. The van der Waals surface area contributed by atoms with Crippen molar-refractivity contribution in [3.63, 3.8) is 0 Å². The molecule has 1 N–H and O–H groups in total. The number of aromatic nitrogens is 3. The summed E-state index contributed by atoms with van der Waals surface area (Å²) in [6.07, 6.45) is -3.52. The number of alkyl halides is 3. The molecule has 0 bridgehead atoms. The average Bonchev–Trinajstić information content (AvgIpc) is 2.56. The molecule has 0 unspecified atom stereocenters. The Labute approximate surface area is 85.3 Å². The highest BCUT2D eigenvalue weighted by Gasteiger charge is 2.34. The lowest BCUT2D eigenvalue weighted by Crippen LogP contribution is -2.09. The van der Waals surface area contributed by atoms with Crippen LogP contribution >= 0.6 is 11.6 Å². The maximum atomic E-state index is 12.3. The van der Waals surface area contributed by atoms with Gasteiger partial charge in [0, 0.05) is 12.3 Å². The highest BCUT2D eigenvalue weighted by molar-refractivity contribution is 6.29. The Kier molecular flexibility index (Phi) is 2.00. The molecule has 0 radical (unpaired) electrons. The van der Waals surface area contributed by atoms with E-state index in [4.69, 9.17) is 11.6 Å². The van der Waals surface area contributed by atoms with Crippen molar-refractivity contribution in [2.75, 3.05) is 0 Å². The van der Waals surface area contributed by atoms with Gasteiger partial charge >= 0.3 is 6.18 Å². The molecule has 0 spiro atoms. The monoisotopic (exact) mass is 237 g/mol. The van der Waals surface area contributed by atoms with E-state index in [2.05, 4.69) is 10.1 Å². The number of rotatable bonds is 0. The number of nitrogens with one attached hydrogen (secondary N) is 1. The molecule has 0 amide bonds. The van der Waals surface area contributed by atoms with Crippen LogP contribution in [0, 0.1) is 0 Å². The van der Waals surface area contributed by atoms with Crippen LogP contribution in [0.15, 0.2) is 17.1 Å². The first-order chi connectivity index (χ1) is 6.89. The molecule has 0 fully saturated rings. The van der Waals surface area contributed by atoms with Gasteiger partial charge in [0.1, 0.15) is 10.7 Å². The van der Waals surface area contributed by atoms with Crippen molar-refractivity contribution in [3.05, 3.63) is 33.5 Å². The second kappa shape index (κ2) is 2.99. The van der Waals surface area contributed by atoms with Crippen molar-refractivity contribution in [2.24, 2.45) is 0 Å². The predicted molar refractivity (Wildman–Crippen MR) is 45.8 cm³/mol. The third-order valence-corrected chi connectivity index (χ3v) is 2.03. The van der Waals surface area contributed by atoms with Crippen LogP contribution in [0.4, 0.5) is 13.2 Å². The van der Waals surface area contributed by atoms with E-state index in [1.807, 2.05) is 0 Å². The van der Waals surface area contributed by atoms with Gasteiger partial charge in [-0.3, -0.25) is 4.79 Å². The molecule has 0 aliphatic rings. The molecular formula is C7H3ClF3N3O. The Bertz CT molecular complexity index is 571. The van der Waals surface area contributed by atoms with E-state index in [-0.39, 0.29) is 10.7 Å². The molecular weight excluding hydrogens is 235 g/mol. The van der Waals surface area contributed by atoms with Crippen LogP contribution in [0.25, 0.3) is 5.52 Å². The summed E-state index contributed by atoms with van der Waals surface area (Å²) in [5.41, 5.74) is -2.07. The van der Waals surface area contributed by atoms with Gasteiger partial charge in [-0.05, 0) is 0 Å². The number of hydrogen-bond donors (Lipinski definition) is 1. The van der Waals surface area contributed by atoms with Gasteiger partial charge in [0.2, 0.25) is 0 Å². The summed E-state index contributed by atoms with van der Waals surface area (Å²) in [5, 5.41) is 3.09. The Morgan fingerprint density at radius 2 is 2.13 bits per heavy atom. The van der Waals surface area contributed by atoms with Crippen LogP contribution in [0.2, 0.25) is 5.15 Å². The summed E-state index contributed by atoms with van der Waals surface area (Å²) in [6, 6.07) is 0.644. The van der Waals surface area contributed by atoms with Crippen molar-refractivity contribution in [1.29, 1.82) is 0 Å². The smallest absolute Gasteiger partial charge is 0.324 e. The van der Waals surface area contributed by atoms with Gasteiger partial charge in [0.15, 0.2) is 5.69 Å². The summed E-state index contributed by atoms with van der Waals surface area (Å²) in [7, 11) is 0. The zero-order valence-corrected chi connectivity index (χ0v) is 7.73. The number of fused-ring (bicyclic) bond motifs is 1.